The minimum atomic E-state index is 0.448. The molecule has 4 nitrogen and oxygen atoms in total. The third-order valence-corrected chi connectivity index (χ3v) is 4.20. The summed E-state index contributed by atoms with van der Waals surface area (Å²) in [7, 11) is 0. The predicted molar refractivity (Wildman–Crippen MR) is 77.2 cm³/mol. The van der Waals surface area contributed by atoms with E-state index in [4.69, 9.17) is 10.2 Å². The second-order valence-corrected chi connectivity index (χ2v) is 5.76. The summed E-state index contributed by atoms with van der Waals surface area (Å²) in [6.07, 6.45) is 0. The van der Waals surface area contributed by atoms with Gasteiger partial charge in [-0.05, 0) is 38.0 Å². The smallest absolute Gasteiger partial charge is 0.239 e. The van der Waals surface area contributed by atoms with E-state index < -0.39 is 0 Å². The molecule has 0 atom stereocenters. The van der Waals surface area contributed by atoms with Crippen LogP contribution in [0.15, 0.2) is 16.5 Å². The highest BCUT2D eigenvalue weighted by Crippen LogP contribution is 2.32. The topological polar surface area (TPSA) is 64.9 Å². The van der Waals surface area contributed by atoms with Gasteiger partial charge >= 0.3 is 0 Å². The largest absolute Gasteiger partial charge is 0.435 e. The molecule has 19 heavy (non-hydrogen) atoms. The van der Waals surface area contributed by atoms with Gasteiger partial charge in [0.25, 0.3) is 0 Å². The summed E-state index contributed by atoms with van der Waals surface area (Å²) < 4.78 is 5.90. The summed E-state index contributed by atoms with van der Waals surface area (Å²) in [6.45, 7) is 6.50. The van der Waals surface area contributed by atoms with Crippen molar-refractivity contribution in [3.63, 3.8) is 0 Å². The Labute approximate surface area is 115 Å². The van der Waals surface area contributed by atoms with Gasteiger partial charge in [0.2, 0.25) is 5.89 Å². The van der Waals surface area contributed by atoms with Crippen LogP contribution in [0.5, 0.6) is 0 Å². The van der Waals surface area contributed by atoms with Crippen molar-refractivity contribution in [3.05, 3.63) is 34.0 Å². The highest BCUT2D eigenvalue weighted by molar-refractivity contribution is 7.15. The lowest BCUT2D eigenvalue weighted by atomic mass is 10.1. The fourth-order valence-corrected chi connectivity index (χ4v) is 3.08. The summed E-state index contributed by atoms with van der Waals surface area (Å²) in [5.74, 6) is 0.637. The normalized spacial score (nSPS) is 11.4. The zero-order chi connectivity index (χ0) is 13.6. The van der Waals surface area contributed by atoms with E-state index in [1.807, 2.05) is 19.9 Å². The van der Waals surface area contributed by atoms with E-state index in [1.54, 1.807) is 11.3 Å². The molecule has 0 fully saturated rings. The summed E-state index contributed by atoms with van der Waals surface area (Å²) in [5.41, 5.74) is 10.6. The van der Waals surface area contributed by atoms with Gasteiger partial charge in [0.15, 0.2) is 5.58 Å². The van der Waals surface area contributed by atoms with Gasteiger partial charge in [0.05, 0.1) is 5.69 Å². The molecule has 0 amide bonds. The maximum Gasteiger partial charge on any atom is 0.239 e. The van der Waals surface area contributed by atoms with Crippen LogP contribution in [-0.4, -0.2) is 9.97 Å². The van der Waals surface area contributed by atoms with Crippen molar-refractivity contribution >= 4 is 22.4 Å². The number of nitrogens with zero attached hydrogens (tertiary/aromatic N) is 2. The van der Waals surface area contributed by atoms with E-state index in [0.29, 0.717) is 12.4 Å². The maximum absolute atomic E-state index is 5.90. The molecule has 3 aromatic rings. The van der Waals surface area contributed by atoms with Crippen LogP contribution in [0.1, 0.15) is 21.8 Å². The molecule has 98 valence electrons. The molecule has 0 aliphatic heterocycles. The van der Waals surface area contributed by atoms with Gasteiger partial charge < -0.3 is 10.2 Å². The van der Waals surface area contributed by atoms with Crippen molar-refractivity contribution < 1.29 is 4.42 Å². The van der Waals surface area contributed by atoms with Crippen molar-refractivity contribution in [3.8, 4) is 10.8 Å². The zero-order valence-corrected chi connectivity index (χ0v) is 12.0. The number of aromatic nitrogens is 2. The van der Waals surface area contributed by atoms with Gasteiger partial charge in [-0.2, -0.15) is 0 Å². The van der Waals surface area contributed by atoms with Gasteiger partial charge in [-0.1, -0.05) is 6.07 Å². The lowest BCUT2D eigenvalue weighted by Gasteiger charge is -1.95. The number of nitrogens with two attached hydrogens (primary N) is 1. The summed E-state index contributed by atoms with van der Waals surface area (Å²) in [5, 5.41) is 0.905. The van der Waals surface area contributed by atoms with Crippen LogP contribution < -0.4 is 5.73 Å². The first kappa shape index (κ1) is 12.3. The summed E-state index contributed by atoms with van der Waals surface area (Å²) in [4.78, 5) is 9.95. The van der Waals surface area contributed by atoms with Crippen molar-refractivity contribution in [1.29, 1.82) is 0 Å². The first-order valence-electron chi connectivity index (χ1n) is 6.13. The quantitative estimate of drug-likeness (QED) is 0.777. The number of fused-ring (bicyclic) bond motifs is 1. The van der Waals surface area contributed by atoms with Crippen LogP contribution in [0.4, 0.5) is 0 Å². The molecule has 0 spiro atoms. The molecule has 0 unspecified atom stereocenters. The Balaban J connectivity index is 2.20. The molecular weight excluding hydrogens is 258 g/mol. The van der Waals surface area contributed by atoms with E-state index in [1.165, 1.54) is 5.56 Å². The van der Waals surface area contributed by atoms with E-state index in [-0.39, 0.29) is 0 Å². The van der Waals surface area contributed by atoms with E-state index in [2.05, 4.69) is 23.0 Å². The van der Waals surface area contributed by atoms with E-state index in [0.717, 1.165) is 32.2 Å². The van der Waals surface area contributed by atoms with Crippen LogP contribution in [0, 0.1) is 20.8 Å². The Morgan fingerprint density at radius 3 is 2.68 bits per heavy atom. The van der Waals surface area contributed by atoms with Gasteiger partial charge in [0.1, 0.15) is 15.4 Å². The molecule has 2 aromatic heterocycles. The summed E-state index contributed by atoms with van der Waals surface area (Å²) >= 11 is 1.55. The van der Waals surface area contributed by atoms with Gasteiger partial charge in [-0.25, -0.2) is 9.97 Å². The van der Waals surface area contributed by atoms with Gasteiger partial charge in [-0.3, -0.25) is 0 Å². The fraction of sp³-hybridized carbons (Fsp3) is 0.286. The molecule has 3 rings (SSSR count). The average molecular weight is 273 g/mol. The Hall–Kier alpha value is -1.72. The maximum atomic E-state index is 5.90. The predicted octanol–water partition coefficient (Wildman–Crippen LogP) is 3.34. The Kier molecular flexibility index (Phi) is 2.88. The van der Waals surface area contributed by atoms with Crippen LogP contribution in [0.25, 0.3) is 21.9 Å². The molecular formula is C14H15N3OS. The number of hydrogen-bond donors (Lipinski definition) is 1. The minimum Gasteiger partial charge on any atom is -0.435 e. The Morgan fingerprint density at radius 2 is 2.00 bits per heavy atom. The molecule has 0 saturated heterocycles. The average Bonchev–Trinajstić information content (AvgIpc) is 2.92. The first-order valence-corrected chi connectivity index (χ1v) is 6.94. The molecule has 1 aromatic carbocycles. The number of hydrogen-bond acceptors (Lipinski definition) is 5. The second kappa shape index (κ2) is 4.43. The second-order valence-electron chi connectivity index (χ2n) is 4.68. The Morgan fingerprint density at radius 1 is 1.21 bits per heavy atom. The molecule has 0 radical (unpaired) electrons. The zero-order valence-electron chi connectivity index (χ0n) is 11.2. The summed E-state index contributed by atoms with van der Waals surface area (Å²) in [6, 6.07) is 4.14. The van der Waals surface area contributed by atoms with Crippen LogP contribution in [0.2, 0.25) is 0 Å². The molecule has 0 aliphatic carbocycles. The van der Waals surface area contributed by atoms with Gasteiger partial charge in [0, 0.05) is 6.54 Å². The lowest BCUT2D eigenvalue weighted by Crippen LogP contribution is -1.94. The third-order valence-electron chi connectivity index (χ3n) is 3.03. The van der Waals surface area contributed by atoms with Crippen LogP contribution >= 0.6 is 11.3 Å². The van der Waals surface area contributed by atoms with Gasteiger partial charge in [-0.15, -0.1) is 11.3 Å². The molecule has 0 bridgehead atoms. The molecule has 2 heterocycles. The number of benzene rings is 1. The van der Waals surface area contributed by atoms with Crippen LogP contribution in [0.3, 0.4) is 0 Å². The van der Waals surface area contributed by atoms with Crippen molar-refractivity contribution in [1.82, 2.24) is 9.97 Å². The molecule has 5 heteroatoms. The number of thiazole rings is 1. The monoisotopic (exact) mass is 273 g/mol. The van der Waals surface area contributed by atoms with Crippen LogP contribution in [-0.2, 0) is 6.54 Å². The van der Waals surface area contributed by atoms with Crippen molar-refractivity contribution in [2.45, 2.75) is 27.3 Å². The van der Waals surface area contributed by atoms with Crippen molar-refractivity contribution in [2.24, 2.45) is 5.73 Å². The van der Waals surface area contributed by atoms with E-state index >= 15 is 0 Å². The minimum absolute atomic E-state index is 0.448. The van der Waals surface area contributed by atoms with Crippen molar-refractivity contribution in [2.75, 3.05) is 0 Å². The molecule has 0 aliphatic rings. The fourth-order valence-electron chi connectivity index (χ4n) is 2.21. The lowest BCUT2D eigenvalue weighted by molar-refractivity contribution is 0.618. The van der Waals surface area contributed by atoms with E-state index in [9.17, 15) is 0 Å². The number of aryl methyl sites for hydroxylation is 3. The third kappa shape index (κ3) is 2.05. The SMILES string of the molecule is Cc1cc(C)c2oc(-c3sc(CN)nc3C)nc2c1. The highest BCUT2D eigenvalue weighted by Gasteiger charge is 2.16. The Bertz CT molecular complexity index is 757. The number of oxazole rings is 1. The highest BCUT2D eigenvalue weighted by atomic mass is 32.1. The molecule has 2 N–H and O–H groups in total. The molecule has 0 saturated carbocycles. The number of rotatable bonds is 2. The first-order chi connectivity index (χ1) is 9.08. The standard InChI is InChI=1S/C14H15N3OS/c1-7-4-8(2)12-10(5-7)17-14(18-12)13-9(3)16-11(6-15)19-13/h4-5H,6,15H2,1-3H3.